The van der Waals surface area contributed by atoms with Crippen molar-refractivity contribution in [2.75, 3.05) is 20.4 Å². The predicted molar refractivity (Wildman–Crippen MR) is 76.2 cm³/mol. The van der Waals surface area contributed by atoms with E-state index in [4.69, 9.17) is 13.9 Å². The lowest BCUT2D eigenvalue weighted by Gasteiger charge is -2.41. The summed E-state index contributed by atoms with van der Waals surface area (Å²) in [4.78, 5) is 0. The second-order valence-corrected chi connectivity index (χ2v) is 11.2. The van der Waals surface area contributed by atoms with Crippen LogP contribution in [0.5, 0.6) is 0 Å². The molecule has 0 aliphatic carbocycles. The van der Waals surface area contributed by atoms with E-state index in [-0.39, 0.29) is 17.2 Å². The molecule has 5 nitrogen and oxygen atoms in total. The van der Waals surface area contributed by atoms with Crippen molar-refractivity contribution in [3.8, 4) is 6.07 Å². The van der Waals surface area contributed by atoms with Gasteiger partial charge in [-0.2, -0.15) is 5.26 Å². The molecule has 1 saturated heterocycles. The number of hydrogen-bond donors (Lipinski definition) is 1. The first-order chi connectivity index (χ1) is 8.73. The van der Waals surface area contributed by atoms with E-state index in [0.717, 1.165) is 0 Å². The van der Waals surface area contributed by atoms with Gasteiger partial charge >= 0.3 is 0 Å². The molecular formula is C13H26N2O3Si. The summed E-state index contributed by atoms with van der Waals surface area (Å²) in [6.45, 7) is 11.7. The van der Waals surface area contributed by atoms with Crippen LogP contribution in [0.3, 0.4) is 0 Å². The number of nitrogens with zero attached hydrogens (tertiary/aromatic N) is 1. The summed E-state index contributed by atoms with van der Waals surface area (Å²) in [5.74, 6) is 0. The van der Waals surface area contributed by atoms with Gasteiger partial charge in [-0.1, -0.05) is 20.8 Å². The largest absolute Gasteiger partial charge is 0.400 e. The third-order valence-electron chi connectivity index (χ3n) is 4.09. The Labute approximate surface area is 117 Å². The molecule has 110 valence electrons. The molecule has 1 fully saturated rings. The molecule has 0 bridgehead atoms. The fraction of sp³-hybridized carbons (Fsp3) is 0.923. The van der Waals surface area contributed by atoms with Crippen molar-refractivity contribution in [2.45, 2.75) is 57.2 Å². The van der Waals surface area contributed by atoms with E-state index >= 15 is 0 Å². The Morgan fingerprint density at radius 2 is 2.05 bits per heavy atom. The highest BCUT2D eigenvalue weighted by atomic mass is 28.4. The van der Waals surface area contributed by atoms with Gasteiger partial charge in [0.05, 0.1) is 31.6 Å². The Bertz CT molecular complexity index is 336. The van der Waals surface area contributed by atoms with Crippen LogP contribution < -0.4 is 5.32 Å². The van der Waals surface area contributed by atoms with Crippen molar-refractivity contribution in [3.05, 3.63) is 0 Å². The molecule has 1 aliphatic rings. The topological polar surface area (TPSA) is 63.5 Å². The van der Waals surface area contributed by atoms with Crippen LogP contribution in [-0.2, 0) is 13.9 Å². The lowest BCUT2D eigenvalue weighted by Crippen LogP contribution is -2.58. The second-order valence-electron chi connectivity index (χ2n) is 6.45. The van der Waals surface area contributed by atoms with E-state index < -0.39 is 14.4 Å². The number of nitrogens with one attached hydrogen (secondary N) is 1. The van der Waals surface area contributed by atoms with Gasteiger partial charge in [-0.3, -0.25) is 5.32 Å². The molecule has 0 aromatic rings. The molecule has 1 aliphatic heterocycles. The zero-order chi connectivity index (χ0) is 14.7. The molecule has 19 heavy (non-hydrogen) atoms. The molecule has 3 atom stereocenters. The summed E-state index contributed by atoms with van der Waals surface area (Å²) in [5, 5.41) is 12.7. The van der Waals surface area contributed by atoms with E-state index in [0.29, 0.717) is 13.3 Å². The van der Waals surface area contributed by atoms with E-state index in [1.807, 2.05) is 0 Å². The van der Waals surface area contributed by atoms with Gasteiger partial charge in [-0.25, -0.2) is 0 Å². The third-order valence-corrected chi connectivity index (χ3v) is 8.54. The summed E-state index contributed by atoms with van der Waals surface area (Å²) in [6.07, 6.45) is -0.655. The maximum absolute atomic E-state index is 9.43. The molecule has 1 heterocycles. The van der Waals surface area contributed by atoms with Crippen LogP contribution in [0.1, 0.15) is 20.8 Å². The molecule has 0 unspecified atom stereocenters. The Kier molecular flexibility index (Phi) is 5.53. The highest BCUT2D eigenvalue weighted by Crippen LogP contribution is 2.37. The number of rotatable bonds is 4. The molecule has 0 spiro atoms. The second kappa shape index (κ2) is 6.33. The van der Waals surface area contributed by atoms with Gasteiger partial charge in [-0.15, -0.1) is 0 Å². The lowest BCUT2D eigenvalue weighted by atomic mass is 10.1. The van der Waals surface area contributed by atoms with E-state index in [1.165, 1.54) is 0 Å². The van der Waals surface area contributed by atoms with Crippen LogP contribution >= 0.6 is 0 Å². The van der Waals surface area contributed by atoms with Gasteiger partial charge in [0, 0.05) is 7.11 Å². The molecular weight excluding hydrogens is 260 g/mol. The summed E-state index contributed by atoms with van der Waals surface area (Å²) >= 11 is 0. The first-order valence-corrected chi connectivity index (χ1v) is 9.55. The Morgan fingerprint density at radius 1 is 1.42 bits per heavy atom. The van der Waals surface area contributed by atoms with E-state index in [2.05, 4.69) is 45.3 Å². The number of methoxy groups -OCH3 is 1. The minimum atomic E-state index is -1.97. The molecule has 0 saturated carbocycles. The summed E-state index contributed by atoms with van der Waals surface area (Å²) in [5.41, 5.74) is 0. The normalized spacial score (nSPS) is 26.8. The SMILES string of the molecule is CO[C@H]1COCN[C@H]1[C@@H](C#N)O[Si](C)(C)C(C)(C)C. The van der Waals surface area contributed by atoms with Gasteiger partial charge in [0.15, 0.2) is 14.4 Å². The smallest absolute Gasteiger partial charge is 0.193 e. The molecule has 0 aromatic heterocycles. The standard InChI is InChI=1S/C13H26N2O3Si/c1-13(2,3)19(5,6)18-10(7-14)12-11(16-4)8-17-9-15-12/h10-12,15H,8-9H2,1-6H3/t10-,11+,12+/m1/s1. The van der Waals surface area contributed by atoms with Gasteiger partial charge in [0.1, 0.15) is 0 Å². The summed E-state index contributed by atoms with van der Waals surface area (Å²) < 4.78 is 16.9. The van der Waals surface area contributed by atoms with Gasteiger partial charge in [0.2, 0.25) is 0 Å². The first-order valence-electron chi connectivity index (χ1n) is 6.64. The monoisotopic (exact) mass is 286 g/mol. The summed E-state index contributed by atoms with van der Waals surface area (Å²) in [6, 6.07) is 2.14. The van der Waals surface area contributed by atoms with Crippen molar-refractivity contribution in [2.24, 2.45) is 0 Å². The van der Waals surface area contributed by atoms with Gasteiger partial charge in [-0.05, 0) is 18.1 Å². The molecule has 0 amide bonds. The van der Waals surface area contributed by atoms with Crippen molar-refractivity contribution in [1.82, 2.24) is 5.32 Å². The number of ether oxygens (including phenoxy) is 2. The Balaban J connectivity index is 2.81. The quantitative estimate of drug-likeness (QED) is 0.799. The van der Waals surface area contributed by atoms with Crippen molar-refractivity contribution in [3.63, 3.8) is 0 Å². The van der Waals surface area contributed by atoms with Gasteiger partial charge in [0.25, 0.3) is 0 Å². The van der Waals surface area contributed by atoms with Crippen LogP contribution in [0.25, 0.3) is 0 Å². The van der Waals surface area contributed by atoms with E-state index in [9.17, 15) is 5.26 Å². The molecule has 0 aromatic carbocycles. The maximum Gasteiger partial charge on any atom is 0.193 e. The van der Waals surface area contributed by atoms with Crippen molar-refractivity contribution < 1.29 is 13.9 Å². The highest BCUT2D eigenvalue weighted by Gasteiger charge is 2.43. The van der Waals surface area contributed by atoms with Crippen LogP contribution in [0.4, 0.5) is 0 Å². The Morgan fingerprint density at radius 3 is 2.53 bits per heavy atom. The van der Waals surface area contributed by atoms with Crippen LogP contribution in [0.15, 0.2) is 0 Å². The average Bonchev–Trinajstić information content (AvgIpc) is 2.34. The maximum atomic E-state index is 9.43. The average molecular weight is 286 g/mol. The molecule has 0 radical (unpaired) electrons. The van der Waals surface area contributed by atoms with Crippen molar-refractivity contribution >= 4 is 8.32 Å². The molecule has 1 N–H and O–H groups in total. The third kappa shape index (κ3) is 4.00. The fourth-order valence-electron chi connectivity index (χ4n) is 1.76. The predicted octanol–water partition coefficient (Wildman–Crippen LogP) is 1.86. The van der Waals surface area contributed by atoms with Gasteiger partial charge < -0.3 is 13.9 Å². The van der Waals surface area contributed by atoms with Crippen LogP contribution in [0.2, 0.25) is 18.1 Å². The first kappa shape index (κ1) is 16.6. The lowest BCUT2D eigenvalue weighted by molar-refractivity contribution is -0.0766. The minimum Gasteiger partial charge on any atom is -0.400 e. The fourth-order valence-corrected chi connectivity index (χ4v) is 2.94. The Hall–Kier alpha value is -0.453. The zero-order valence-corrected chi connectivity index (χ0v) is 13.8. The van der Waals surface area contributed by atoms with Crippen molar-refractivity contribution in [1.29, 1.82) is 5.26 Å². The number of nitriles is 1. The van der Waals surface area contributed by atoms with E-state index in [1.54, 1.807) is 7.11 Å². The zero-order valence-electron chi connectivity index (χ0n) is 12.8. The van der Waals surface area contributed by atoms with Crippen LogP contribution in [0, 0.1) is 11.3 Å². The highest BCUT2D eigenvalue weighted by molar-refractivity contribution is 6.74. The van der Waals surface area contributed by atoms with Crippen LogP contribution in [-0.4, -0.2) is 47.0 Å². The molecule has 1 rings (SSSR count). The number of hydrogen-bond acceptors (Lipinski definition) is 5. The summed E-state index contributed by atoms with van der Waals surface area (Å²) in [7, 11) is -0.340. The minimum absolute atomic E-state index is 0.0792. The molecule has 6 heteroatoms.